The number of likely N-dealkylation sites (N-methyl/N-ethyl adjacent to an activating group) is 1. The number of carbonyl (C=O) groups excluding carboxylic acids is 1. The Balaban J connectivity index is 2.50. The number of rotatable bonds is 3. The molecule has 0 radical (unpaired) electrons. The molecule has 1 aliphatic heterocycles. The summed E-state index contributed by atoms with van der Waals surface area (Å²) in [6.45, 7) is 7.83. The van der Waals surface area contributed by atoms with Gasteiger partial charge in [0.25, 0.3) is 0 Å². The predicted octanol–water partition coefficient (Wildman–Crippen LogP) is 1.51. The molecule has 0 aliphatic carbocycles. The Hall–Kier alpha value is -0.840. The Morgan fingerprint density at radius 1 is 1.38 bits per heavy atom. The van der Waals surface area contributed by atoms with E-state index in [1.54, 1.807) is 4.90 Å². The van der Waals surface area contributed by atoms with Crippen molar-refractivity contribution in [3.63, 3.8) is 0 Å². The molecule has 0 aromatic carbocycles. The maximum atomic E-state index is 11.9. The third kappa shape index (κ3) is 3.07. The first-order valence-electron chi connectivity index (χ1n) is 5.83. The molecule has 1 saturated heterocycles. The molecule has 1 heterocycles. The fraction of sp³-hybridized carbons (Fsp3) is 0.909. The average Bonchev–Trinajstić information content (AvgIpc) is 2.25. The van der Waals surface area contributed by atoms with Crippen molar-refractivity contribution in [2.45, 2.75) is 32.9 Å². The molecule has 1 aliphatic rings. The van der Waals surface area contributed by atoms with Crippen molar-refractivity contribution in [2.24, 2.45) is 0 Å². The van der Waals surface area contributed by atoms with E-state index in [9.17, 15) is 9.18 Å². The van der Waals surface area contributed by atoms with Crippen molar-refractivity contribution in [1.82, 2.24) is 9.80 Å². The second-order valence-electron chi connectivity index (χ2n) is 4.24. The molecule has 0 aromatic rings. The molecule has 4 nitrogen and oxygen atoms in total. The van der Waals surface area contributed by atoms with Crippen molar-refractivity contribution in [2.75, 3.05) is 32.9 Å². The number of carbonyl (C=O) groups is 1. The SMILES string of the molecule is CCN1[C@H](C)CN(C(=O)OCCF)C[C@@H]1C. The van der Waals surface area contributed by atoms with E-state index in [0.29, 0.717) is 25.2 Å². The summed E-state index contributed by atoms with van der Waals surface area (Å²) < 4.78 is 16.7. The van der Waals surface area contributed by atoms with Gasteiger partial charge in [-0.25, -0.2) is 9.18 Å². The van der Waals surface area contributed by atoms with Crippen LogP contribution in [0.3, 0.4) is 0 Å². The maximum absolute atomic E-state index is 11.9. The van der Waals surface area contributed by atoms with Crippen molar-refractivity contribution >= 4 is 6.09 Å². The summed E-state index contributed by atoms with van der Waals surface area (Å²) in [6, 6.07) is 0.651. The van der Waals surface area contributed by atoms with Crippen LogP contribution < -0.4 is 0 Å². The van der Waals surface area contributed by atoms with E-state index in [0.717, 1.165) is 6.54 Å². The standard InChI is InChI=1S/C11H21FN2O2/c1-4-14-9(2)7-13(8-10(14)3)11(15)16-6-5-12/h9-10H,4-8H2,1-3H3/t9-,10+. The highest BCUT2D eigenvalue weighted by atomic mass is 19.1. The van der Waals surface area contributed by atoms with E-state index < -0.39 is 12.8 Å². The molecule has 0 N–H and O–H groups in total. The van der Waals surface area contributed by atoms with Crippen LogP contribution in [-0.2, 0) is 4.74 Å². The number of alkyl halides is 1. The number of ether oxygens (including phenoxy) is 1. The van der Waals surface area contributed by atoms with E-state index in [1.165, 1.54) is 0 Å². The molecule has 0 spiro atoms. The van der Waals surface area contributed by atoms with Gasteiger partial charge < -0.3 is 9.64 Å². The summed E-state index contributed by atoms with van der Waals surface area (Å²) in [6.07, 6.45) is -0.396. The van der Waals surface area contributed by atoms with E-state index in [4.69, 9.17) is 4.74 Å². The van der Waals surface area contributed by atoms with Gasteiger partial charge in [0.2, 0.25) is 0 Å². The van der Waals surface area contributed by atoms with Crippen molar-refractivity contribution in [3.05, 3.63) is 0 Å². The molecule has 1 fully saturated rings. The van der Waals surface area contributed by atoms with E-state index in [-0.39, 0.29) is 6.61 Å². The Kier molecular flexibility index (Phi) is 4.99. The van der Waals surface area contributed by atoms with Crippen LogP contribution >= 0.6 is 0 Å². The number of hydrogen-bond acceptors (Lipinski definition) is 3. The second kappa shape index (κ2) is 6.03. The van der Waals surface area contributed by atoms with Gasteiger partial charge in [-0.2, -0.15) is 0 Å². The van der Waals surface area contributed by atoms with Gasteiger partial charge in [0.05, 0.1) is 0 Å². The molecule has 0 aromatic heterocycles. The van der Waals surface area contributed by atoms with Gasteiger partial charge in [-0.3, -0.25) is 4.90 Å². The topological polar surface area (TPSA) is 32.8 Å². The Bertz CT molecular complexity index is 226. The zero-order valence-corrected chi connectivity index (χ0v) is 10.3. The molecule has 2 atom stereocenters. The van der Waals surface area contributed by atoms with Crippen LogP contribution in [0.25, 0.3) is 0 Å². The minimum Gasteiger partial charge on any atom is -0.447 e. The lowest BCUT2D eigenvalue weighted by Crippen LogP contribution is -2.57. The van der Waals surface area contributed by atoms with Crippen LogP contribution in [0.4, 0.5) is 9.18 Å². The lowest BCUT2D eigenvalue weighted by Gasteiger charge is -2.43. The van der Waals surface area contributed by atoms with Crippen molar-refractivity contribution in [1.29, 1.82) is 0 Å². The highest BCUT2D eigenvalue weighted by Gasteiger charge is 2.31. The zero-order chi connectivity index (χ0) is 12.1. The molecule has 0 saturated carbocycles. The summed E-state index contributed by atoms with van der Waals surface area (Å²) in [5.74, 6) is 0. The first kappa shape index (κ1) is 13.2. The van der Waals surface area contributed by atoms with Crippen LogP contribution in [0.1, 0.15) is 20.8 Å². The summed E-state index contributed by atoms with van der Waals surface area (Å²) in [4.78, 5) is 15.6. The second-order valence-corrected chi connectivity index (χ2v) is 4.24. The number of hydrogen-bond donors (Lipinski definition) is 0. The van der Waals surface area contributed by atoms with E-state index in [1.807, 2.05) is 0 Å². The van der Waals surface area contributed by atoms with Crippen LogP contribution in [0.2, 0.25) is 0 Å². The van der Waals surface area contributed by atoms with Crippen molar-refractivity contribution < 1.29 is 13.9 Å². The Morgan fingerprint density at radius 3 is 2.38 bits per heavy atom. The fourth-order valence-corrected chi connectivity index (χ4v) is 2.35. The summed E-state index contributed by atoms with van der Waals surface area (Å²) in [5, 5.41) is 0. The quantitative estimate of drug-likeness (QED) is 0.739. The Morgan fingerprint density at radius 2 is 1.94 bits per heavy atom. The van der Waals surface area contributed by atoms with Gasteiger partial charge in [-0.1, -0.05) is 6.92 Å². The summed E-state index contributed by atoms with van der Waals surface area (Å²) in [7, 11) is 0. The van der Waals surface area contributed by atoms with Crippen LogP contribution in [0.5, 0.6) is 0 Å². The molecule has 1 rings (SSSR count). The smallest absolute Gasteiger partial charge is 0.409 e. The summed E-state index contributed by atoms with van der Waals surface area (Å²) >= 11 is 0. The lowest BCUT2D eigenvalue weighted by atomic mass is 10.1. The number of piperazine rings is 1. The first-order valence-corrected chi connectivity index (χ1v) is 5.83. The Labute approximate surface area is 96.3 Å². The first-order chi connectivity index (χ1) is 7.60. The molecule has 1 amide bonds. The van der Waals surface area contributed by atoms with Gasteiger partial charge in [0, 0.05) is 25.2 Å². The van der Waals surface area contributed by atoms with E-state index >= 15 is 0 Å². The van der Waals surface area contributed by atoms with Gasteiger partial charge in [-0.05, 0) is 20.4 Å². The maximum Gasteiger partial charge on any atom is 0.409 e. The van der Waals surface area contributed by atoms with Crippen LogP contribution in [-0.4, -0.2) is 60.9 Å². The number of amides is 1. The van der Waals surface area contributed by atoms with E-state index in [2.05, 4.69) is 25.7 Å². The zero-order valence-electron chi connectivity index (χ0n) is 10.3. The van der Waals surface area contributed by atoms with Gasteiger partial charge >= 0.3 is 6.09 Å². The molecule has 0 bridgehead atoms. The molecule has 0 unspecified atom stereocenters. The number of halogens is 1. The molecule has 94 valence electrons. The molecular formula is C11H21FN2O2. The largest absolute Gasteiger partial charge is 0.447 e. The molecule has 5 heteroatoms. The normalized spacial score (nSPS) is 26.9. The average molecular weight is 232 g/mol. The lowest BCUT2D eigenvalue weighted by molar-refractivity contribution is 0.0287. The van der Waals surface area contributed by atoms with Gasteiger partial charge in [0.1, 0.15) is 13.3 Å². The molecule has 16 heavy (non-hydrogen) atoms. The third-order valence-electron chi connectivity index (χ3n) is 3.03. The monoisotopic (exact) mass is 232 g/mol. The minimum atomic E-state index is -0.619. The highest BCUT2D eigenvalue weighted by molar-refractivity contribution is 5.67. The van der Waals surface area contributed by atoms with Gasteiger partial charge in [0.15, 0.2) is 0 Å². The van der Waals surface area contributed by atoms with Crippen LogP contribution in [0, 0.1) is 0 Å². The summed E-state index contributed by atoms with van der Waals surface area (Å²) in [5.41, 5.74) is 0. The number of nitrogens with zero attached hydrogens (tertiary/aromatic N) is 2. The molecular weight excluding hydrogens is 211 g/mol. The highest BCUT2D eigenvalue weighted by Crippen LogP contribution is 2.15. The fourth-order valence-electron chi connectivity index (χ4n) is 2.35. The minimum absolute atomic E-state index is 0.143. The van der Waals surface area contributed by atoms with Crippen molar-refractivity contribution in [3.8, 4) is 0 Å². The third-order valence-corrected chi connectivity index (χ3v) is 3.03. The van der Waals surface area contributed by atoms with Gasteiger partial charge in [-0.15, -0.1) is 0 Å². The van der Waals surface area contributed by atoms with Crippen LogP contribution in [0.15, 0.2) is 0 Å². The predicted molar refractivity (Wildman–Crippen MR) is 60.2 cm³/mol.